The molecule has 218 valence electrons. The Morgan fingerprint density at radius 1 is 0.426 bits per heavy atom. The lowest BCUT2D eigenvalue weighted by molar-refractivity contribution is 1.00. The molecule has 0 N–H and O–H groups in total. The van der Waals surface area contributed by atoms with Gasteiger partial charge in [-0.2, -0.15) is 5.26 Å². The van der Waals surface area contributed by atoms with Gasteiger partial charge in [0.15, 0.2) is 5.69 Å². The third kappa shape index (κ3) is 4.37. The summed E-state index contributed by atoms with van der Waals surface area (Å²) in [5.41, 5.74) is 9.97. The van der Waals surface area contributed by atoms with Crippen LogP contribution in [0.1, 0.15) is 5.69 Å². The molecule has 2 heterocycles. The highest BCUT2D eigenvalue weighted by molar-refractivity contribution is 6.12. The minimum absolute atomic E-state index is 0.358. The SMILES string of the molecule is N#Cc1nc(-n2c3ccccc3c3cc(-c4ccc(-c5ccccc5)c5ccccc45)ccc32)nc2cc(-c3ccccc3)ccc12. The Labute approximate surface area is 271 Å². The van der Waals surface area contributed by atoms with Gasteiger partial charge in [-0.25, -0.2) is 9.97 Å². The molecule has 0 aliphatic heterocycles. The lowest BCUT2D eigenvalue weighted by atomic mass is 9.91. The van der Waals surface area contributed by atoms with Gasteiger partial charge in [0.2, 0.25) is 5.95 Å². The molecule has 0 radical (unpaired) electrons. The average Bonchev–Trinajstić information content (AvgIpc) is 3.48. The molecular formula is C43H26N4. The van der Waals surface area contributed by atoms with Gasteiger partial charge in [-0.05, 0) is 74.5 Å². The summed E-state index contributed by atoms with van der Waals surface area (Å²) in [5.74, 6) is 0.482. The summed E-state index contributed by atoms with van der Waals surface area (Å²) in [6.07, 6.45) is 0. The van der Waals surface area contributed by atoms with Crippen LogP contribution < -0.4 is 0 Å². The smallest absolute Gasteiger partial charge is 0.236 e. The van der Waals surface area contributed by atoms with Crippen LogP contribution in [0.5, 0.6) is 0 Å². The van der Waals surface area contributed by atoms with Gasteiger partial charge >= 0.3 is 0 Å². The van der Waals surface area contributed by atoms with E-state index in [9.17, 15) is 5.26 Å². The minimum Gasteiger partial charge on any atom is -0.278 e. The summed E-state index contributed by atoms with van der Waals surface area (Å²) >= 11 is 0. The normalized spacial score (nSPS) is 11.4. The van der Waals surface area contributed by atoms with Crippen LogP contribution in [0.15, 0.2) is 158 Å². The van der Waals surface area contributed by atoms with Crippen LogP contribution in [-0.4, -0.2) is 14.5 Å². The van der Waals surface area contributed by atoms with Gasteiger partial charge in [0, 0.05) is 16.2 Å². The number of nitriles is 1. The maximum atomic E-state index is 10.2. The Kier molecular flexibility index (Phi) is 6.16. The summed E-state index contributed by atoms with van der Waals surface area (Å²) in [6.45, 7) is 0. The maximum absolute atomic E-state index is 10.2. The fraction of sp³-hybridized carbons (Fsp3) is 0. The largest absolute Gasteiger partial charge is 0.278 e. The zero-order chi connectivity index (χ0) is 31.3. The molecule has 0 bridgehead atoms. The van der Waals surface area contributed by atoms with Crippen LogP contribution in [0.25, 0.3) is 82.8 Å². The van der Waals surface area contributed by atoms with Crippen molar-refractivity contribution in [3.05, 3.63) is 163 Å². The molecule has 0 saturated heterocycles. The molecule has 9 rings (SSSR count). The highest BCUT2D eigenvalue weighted by atomic mass is 15.2. The van der Waals surface area contributed by atoms with Crippen LogP contribution >= 0.6 is 0 Å². The molecule has 0 aliphatic carbocycles. The van der Waals surface area contributed by atoms with Crippen LogP contribution in [-0.2, 0) is 0 Å². The number of fused-ring (bicyclic) bond motifs is 5. The van der Waals surface area contributed by atoms with Gasteiger partial charge in [-0.1, -0.05) is 127 Å². The zero-order valence-corrected chi connectivity index (χ0v) is 25.3. The molecule has 4 nitrogen and oxygen atoms in total. The van der Waals surface area contributed by atoms with Crippen LogP contribution in [0, 0.1) is 11.3 Å². The third-order valence-corrected chi connectivity index (χ3v) is 9.09. The molecule has 9 aromatic rings. The Morgan fingerprint density at radius 2 is 1.02 bits per heavy atom. The van der Waals surface area contributed by atoms with Gasteiger partial charge in [-0.15, -0.1) is 0 Å². The lowest BCUT2D eigenvalue weighted by Crippen LogP contribution is -2.03. The second-order valence-corrected chi connectivity index (χ2v) is 11.7. The van der Waals surface area contributed by atoms with Crippen molar-refractivity contribution in [3.8, 4) is 45.4 Å². The molecule has 7 aromatic carbocycles. The third-order valence-electron chi connectivity index (χ3n) is 9.09. The predicted octanol–water partition coefficient (Wildman–Crippen LogP) is 10.8. The van der Waals surface area contributed by atoms with Gasteiger partial charge in [0.1, 0.15) is 6.07 Å². The minimum atomic E-state index is 0.358. The molecule has 0 amide bonds. The topological polar surface area (TPSA) is 54.5 Å². The van der Waals surface area contributed by atoms with Crippen molar-refractivity contribution >= 4 is 43.5 Å². The summed E-state index contributed by atoms with van der Waals surface area (Å²) in [6, 6.07) is 57.2. The molecule has 0 fully saturated rings. The van der Waals surface area contributed by atoms with E-state index >= 15 is 0 Å². The van der Waals surface area contributed by atoms with Crippen molar-refractivity contribution in [2.75, 3.05) is 0 Å². The van der Waals surface area contributed by atoms with Crippen molar-refractivity contribution in [1.82, 2.24) is 14.5 Å². The Bertz CT molecular complexity index is 2680. The van der Waals surface area contributed by atoms with Crippen molar-refractivity contribution in [3.63, 3.8) is 0 Å². The number of rotatable bonds is 4. The maximum Gasteiger partial charge on any atom is 0.236 e. The Hall–Kier alpha value is -6.57. The van der Waals surface area contributed by atoms with E-state index in [1.54, 1.807) is 0 Å². The average molecular weight is 599 g/mol. The van der Waals surface area contributed by atoms with Crippen molar-refractivity contribution in [2.24, 2.45) is 0 Å². The summed E-state index contributed by atoms with van der Waals surface area (Å²) in [4.78, 5) is 9.89. The standard InChI is InChI=1S/C43H26N4/c44-27-40-37-21-19-30(28-11-3-1-4-12-28)26-39(37)45-43(46-40)47-41-18-10-9-17-36(41)38-25-31(20-24-42(38)47)33-23-22-32(29-13-5-2-6-14-29)34-15-7-8-16-35(33)34/h1-26H. The van der Waals surface area contributed by atoms with E-state index in [1.165, 1.54) is 27.5 Å². The number of benzene rings is 7. The number of hydrogen-bond donors (Lipinski definition) is 0. The molecule has 2 aromatic heterocycles. The molecule has 4 heteroatoms. The Balaban J connectivity index is 1.25. The van der Waals surface area contributed by atoms with E-state index < -0.39 is 0 Å². The predicted molar refractivity (Wildman–Crippen MR) is 192 cm³/mol. The molecular weight excluding hydrogens is 573 g/mol. The summed E-state index contributed by atoms with van der Waals surface area (Å²) in [5, 5.41) is 15.6. The highest BCUT2D eigenvalue weighted by Gasteiger charge is 2.18. The Morgan fingerprint density at radius 3 is 1.74 bits per heavy atom. The second-order valence-electron chi connectivity index (χ2n) is 11.7. The van der Waals surface area contributed by atoms with E-state index in [0.717, 1.165) is 49.4 Å². The van der Waals surface area contributed by atoms with Crippen LogP contribution in [0.3, 0.4) is 0 Å². The summed E-state index contributed by atoms with van der Waals surface area (Å²) in [7, 11) is 0. The van der Waals surface area contributed by atoms with Crippen molar-refractivity contribution in [1.29, 1.82) is 5.26 Å². The van der Waals surface area contributed by atoms with E-state index in [-0.39, 0.29) is 0 Å². The monoisotopic (exact) mass is 598 g/mol. The number of hydrogen-bond acceptors (Lipinski definition) is 3. The lowest BCUT2D eigenvalue weighted by Gasteiger charge is -2.13. The molecule has 0 saturated carbocycles. The first-order chi connectivity index (χ1) is 23.3. The van der Waals surface area contributed by atoms with Gasteiger partial charge in [0.05, 0.1) is 16.6 Å². The van der Waals surface area contributed by atoms with Gasteiger partial charge in [-0.3, -0.25) is 4.57 Å². The fourth-order valence-electron chi connectivity index (χ4n) is 6.89. The van der Waals surface area contributed by atoms with Gasteiger partial charge < -0.3 is 0 Å². The highest BCUT2D eigenvalue weighted by Crippen LogP contribution is 2.39. The van der Waals surface area contributed by atoms with E-state index in [1.807, 2.05) is 42.5 Å². The van der Waals surface area contributed by atoms with Gasteiger partial charge in [0.25, 0.3) is 0 Å². The molecule has 47 heavy (non-hydrogen) atoms. The first-order valence-corrected chi connectivity index (χ1v) is 15.7. The molecule has 0 spiro atoms. The van der Waals surface area contributed by atoms with Crippen LogP contribution in [0.4, 0.5) is 0 Å². The fourth-order valence-corrected chi connectivity index (χ4v) is 6.89. The van der Waals surface area contributed by atoms with E-state index in [4.69, 9.17) is 9.97 Å². The second kappa shape index (κ2) is 10.8. The van der Waals surface area contributed by atoms with E-state index in [0.29, 0.717) is 11.6 Å². The summed E-state index contributed by atoms with van der Waals surface area (Å²) < 4.78 is 2.08. The quantitative estimate of drug-likeness (QED) is 0.202. The van der Waals surface area contributed by atoms with Crippen molar-refractivity contribution < 1.29 is 0 Å². The zero-order valence-electron chi connectivity index (χ0n) is 25.3. The number of aromatic nitrogens is 3. The van der Waals surface area contributed by atoms with Crippen LogP contribution in [0.2, 0.25) is 0 Å². The molecule has 0 unspecified atom stereocenters. The van der Waals surface area contributed by atoms with E-state index in [2.05, 4.69) is 126 Å². The first-order valence-electron chi connectivity index (χ1n) is 15.7. The number of para-hydroxylation sites is 1. The number of nitrogens with zero attached hydrogens (tertiary/aromatic N) is 4. The molecule has 0 atom stereocenters. The van der Waals surface area contributed by atoms with Crippen molar-refractivity contribution in [2.45, 2.75) is 0 Å². The molecule has 0 aliphatic rings. The first kappa shape index (κ1) is 26.8.